The van der Waals surface area contributed by atoms with Gasteiger partial charge in [0, 0.05) is 0 Å². The Bertz CT molecular complexity index is 709. The molecule has 0 radical (unpaired) electrons. The number of nitrogens with one attached hydrogen (secondary N) is 1. The molecule has 0 bridgehead atoms. The van der Waals surface area contributed by atoms with Crippen LogP contribution in [-0.2, 0) is 24.3 Å². The topological polar surface area (TPSA) is 163 Å². The Morgan fingerprint density at radius 1 is 1.19 bits per heavy atom. The molecule has 5 N–H and O–H groups in total. The lowest BCUT2D eigenvalue weighted by molar-refractivity contribution is -0.207. The minimum absolute atomic E-state index is 0.285. The molecule has 1 heterocycles. The number of hydrogen-bond donors (Lipinski definition) is 5. The summed E-state index contributed by atoms with van der Waals surface area (Å²) in [5.74, 6) is -0.899. The monoisotopic (exact) mass is 391 g/mol. The highest BCUT2D eigenvalue weighted by Crippen LogP contribution is 2.26. The fourth-order valence-corrected chi connectivity index (χ4v) is 4.08. The van der Waals surface area contributed by atoms with E-state index in [9.17, 15) is 28.5 Å². The maximum Gasteiger partial charge on any atom is 0.328 e. The van der Waals surface area contributed by atoms with E-state index in [0.717, 1.165) is 7.11 Å². The first-order valence-electron chi connectivity index (χ1n) is 7.67. The van der Waals surface area contributed by atoms with Crippen molar-refractivity contribution in [2.24, 2.45) is 0 Å². The zero-order chi connectivity index (χ0) is 19.5. The molecule has 0 saturated carbocycles. The summed E-state index contributed by atoms with van der Waals surface area (Å²) >= 11 is 0. The van der Waals surface area contributed by atoms with Crippen molar-refractivity contribution < 1.29 is 43.1 Å². The zero-order valence-electron chi connectivity index (χ0n) is 13.8. The van der Waals surface area contributed by atoms with Crippen molar-refractivity contribution in [3.05, 3.63) is 35.9 Å². The van der Waals surface area contributed by atoms with Gasteiger partial charge in [0.1, 0.15) is 30.5 Å². The lowest BCUT2D eigenvalue weighted by atomic mass is 10.0. The number of sulfonamides is 1. The summed E-state index contributed by atoms with van der Waals surface area (Å²) in [6, 6.07) is 6.43. The van der Waals surface area contributed by atoms with Crippen molar-refractivity contribution in [2.75, 3.05) is 13.7 Å². The molecule has 0 aliphatic carbocycles. The van der Waals surface area contributed by atoms with E-state index in [1.807, 2.05) is 0 Å². The summed E-state index contributed by atoms with van der Waals surface area (Å²) in [5, 5.41) is 38.7. The minimum Gasteiger partial charge on any atom is -0.468 e. The van der Waals surface area contributed by atoms with E-state index in [-0.39, 0.29) is 5.56 Å². The second kappa shape index (κ2) is 8.39. The van der Waals surface area contributed by atoms with Crippen LogP contribution in [0, 0.1) is 0 Å². The summed E-state index contributed by atoms with van der Waals surface area (Å²) in [6.07, 6.45) is -6.97. The molecule has 1 aromatic carbocycles. The highest BCUT2D eigenvalue weighted by molar-refractivity contribution is 7.90. The molecule has 2 rings (SSSR count). The molecule has 10 nitrogen and oxygen atoms in total. The van der Waals surface area contributed by atoms with Gasteiger partial charge >= 0.3 is 5.97 Å². The van der Waals surface area contributed by atoms with Crippen LogP contribution in [0.25, 0.3) is 0 Å². The lowest BCUT2D eigenvalue weighted by Crippen LogP contribution is -2.62. The quantitative estimate of drug-likeness (QED) is 0.333. The number of methoxy groups -OCH3 is 1. The molecule has 1 unspecified atom stereocenters. The van der Waals surface area contributed by atoms with Gasteiger partial charge in [-0.3, -0.25) is 0 Å². The average molecular weight is 391 g/mol. The summed E-state index contributed by atoms with van der Waals surface area (Å²) in [7, 11) is -3.46. The highest BCUT2D eigenvalue weighted by Gasteiger charge is 2.49. The number of ether oxygens (including phenoxy) is 2. The van der Waals surface area contributed by atoms with Crippen molar-refractivity contribution in [3.63, 3.8) is 0 Å². The first-order valence-corrected chi connectivity index (χ1v) is 9.22. The first kappa shape index (κ1) is 20.7. The maximum absolute atomic E-state index is 12.6. The highest BCUT2D eigenvalue weighted by atomic mass is 32.2. The SMILES string of the molecule is COC(=O)C(NS(=O)(=O)[C@@H]1O[C@H](CO)[C@@H](O)[C@H](O)[C@H]1O)c1ccccc1. The van der Waals surface area contributed by atoms with Gasteiger partial charge in [0.2, 0.25) is 15.5 Å². The molecule has 0 spiro atoms. The number of carbonyl (C=O) groups is 1. The molecule has 11 heteroatoms. The molecule has 1 aromatic rings. The van der Waals surface area contributed by atoms with Crippen molar-refractivity contribution in [3.8, 4) is 0 Å². The number of rotatable bonds is 6. The molecule has 0 amide bonds. The Hall–Kier alpha value is -1.60. The van der Waals surface area contributed by atoms with Gasteiger partial charge in [0.15, 0.2) is 0 Å². The van der Waals surface area contributed by atoms with Gasteiger partial charge < -0.3 is 29.9 Å². The third kappa shape index (κ3) is 4.20. The number of aliphatic hydroxyl groups is 4. The Morgan fingerprint density at radius 3 is 2.35 bits per heavy atom. The van der Waals surface area contributed by atoms with Gasteiger partial charge in [-0.15, -0.1) is 0 Å². The van der Waals surface area contributed by atoms with E-state index in [1.54, 1.807) is 18.2 Å². The van der Waals surface area contributed by atoms with Crippen LogP contribution in [0.3, 0.4) is 0 Å². The fourth-order valence-electron chi connectivity index (χ4n) is 2.57. The van der Waals surface area contributed by atoms with Crippen LogP contribution in [-0.4, -0.2) is 78.4 Å². The standard InChI is InChI=1S/C15H21NO9S/c1-24-14(21)10(8-5-3-2-4-6-8)16-26(22,23)15-13(20)12(19)11(18)9(7-17)25-15/h2-6,9-13,15-20H,7H2,1H3/t9-,10?,11-,12+,13-,15+/m1/s1. The van der Waals surface area contributed by atoms with Crippen LogP contribution in [0.2, 0.25) is 0 Å². The van der Waals surface area contributed by atoms with Gasteiger partial charge in [-0.1, -0.05) is 30.3 Å². The van der Waals surface area contributed by atoms with E-state index >= 15 is 0 Å². The number of esters is 1. The van der Waals surface area contributed by atoms with E-state index in [0.29, 0.717) is 0 Å². The predicted molar refractivity (Wildman–Crippen MR) is 87.0 cm³/mol. The van der Waals surface area contributed by atoms with Crippen molar-refractivity contribution in [1.29, 1.82) is 0 Å². The van der Waals surface area contributed by atoms with Crippen LogP contribution in [0.1, 0.15) is 11.6 Å². The largest absolute Gasteiger partial charge is 0.468 e. The minimum atomic E-state index is -4.54. The second-order valence-corrected chi connectivity index (χ2v) is 7.52. The third-order valence-corrected chi connectivity index (χ3v) is 5.57. The smallest absolute Gasteiger partial charge is 0.328 e. The van der Waals surface area contributed by atoms with Gasteiger partial charge in [-0.25, -0.2) is 13.2 Å². The third-order valence-electron chi connectivity index (χ3n) is 4.01. The number of benzene rings is 1. The van der Waals surface area contributed by atoms with Crippen LogP contribution in [0.4, 0.5) is 0 Å². The number of carbonyl (C=O) groups excluding carboxylic acids is 1. The van der Waals surface area contributed by atoms with Crippen LogP contribution >= 0.6 is 0 Å². The Labute approximate surface area is 150 Å². The molecule has 6 atom stereocenters. The van der Waals surface area contributed by atoms with E-state index in [1.165, 1.54) is 12.1 Å². The maximum atomic E-state index is 12.6. The predicted octanol–water partition coefficient (Wildman–Crippen LogP) is -2.38. The summed E-state index contributed by atoms with van der Waals surface area (Å²) in [5.41, 5.74) is -1.73. The van der Waals surface area contributed by atoms with E-state index in [4.69, 9.17) is 9.84 Å². The normalized spacial score (nSPS) is 30.6. The van der Waals surface area contributed by atoms with Gasteiger partial charge in [-0.05, 0) is 5.56 Å². The molecule has 146 valence electrons. The molecule has 0 aromatic heterocycles. The Balaban J connectivity index is 2.31. The summed E-state index contributed by atoms with van der Waals surface area (Å²) in [6.45, 7) is -0.782. The fraction of sp³-hybridized carbons (Fsp3) is 0.533. The van der Waals surface area contributed by atoms with Crippen molar-refractivity contribution in [2.45, 2.75) is 35.9 Å². The van der Waals surface area contributed by atoms with Crippen LogP contribution in [0.15, 0.2) is 30.3 Å². The Kier molecular flexibility index (Phi) is 6.69. The van der Waals surface area contributed by atoms with E-state index < -0.39 is 58.5 Å². The Morgan fingerprint density at radius 2 is 1.81 bits per heavy atom. The van der Waals surface area contributed by atoms with Gasteiger partial charge in [0.25, 0.3) is 0 Å². The number of aliphatic hydroxyl groups excluding tert-OH is 4. The molecule has 1 aliphatic rings. The molecule has 1 fully saturated rings. The first-order chi connectivity index (χ1) is 12.2. The van der Waals surface area contributed by atoms with Crippen molar-refractivity contribution >= 4 is 16.0 Å². The second-order valence-electron chi connectivity index (χ2n) is 5.73. The van der Waals surface area contributed by atoms with E-state index in [2.05, 4.69) is 9.46 Å². The van der Waals surface area contributed by atoms with Crippen LogP contribution in [0.5, 0.6) is 0 Å². The summed E-state index contributed by atoms with van der Waals surface area (Å²) < 4.78 is 37.0. The average Bonchev–Trinajstić information content (AvgIpc) is 2.64. The van der Waals surface area contributed by atoms with Crippen molar-refractivity contribution in [1.82, 2.24) is 4.72 Å². The molecular weight excluding hydrogens is 370 g/mol. The summed E-state index contributed by atoms with van der Waals surface area (Å²) in [4.78, 5) is 12.0. The lowest BCUT2D eigenvalue weighted by Gasteiger charge is -2.39. The molecule has 1 aliphatic heterocycles. The van der Waals surface area contributed by atoms with Gasteiger partial charge in [-0.2, -0.15) is 4.72 Å². The van der Waals surface area contributed by atoms with Gasteiger partial charge in [0.05, 0.1) is 13.7 Å². The molecule has 26 heavy (non-hydrogen) atoms. The van der Waals surface area contributed by atoms with Crippen LogP contribution < -0.4 is 4.72 Å². The zero-order valence-corrected chi connectivity index (χ0v) is 14.6. The molecule has 1 saturated heterocycles. The molecular formula is C15H21NO9S. The number of hydrogen-bond acceptors (Lipinski definition) is 9.